The van der Waals surface area contributed by atoms with Gasteiger partial charge in [-0.05, 0) is 12.8 Å². The molecule has 0 N–H and O–H groups in total. The normalized spacial score (nSPS) is 9.13. The molecule has 0 spiro atoms. The summed E-state index contributed by atoms with van der Waals surface area (Å²) in [6.45, 7) is 8.52. The molecule has 0 fully saturated rings. The van der Waals surface area contributed by atoms with Crippen LogP contribution in [0.15, 0.2) is 25.3 Å². The van der Waals surface area contributed by atoms with E-state index in [1.807, 2.05) is 0 Å². The SMILES string of the molecule is C=CCCCC(=O)N(CC=C)OC(C)=O. The Kier molecular flexibility index (Phi) is 6.97. The van der Waals surface area contributed by atoms with Gasteiger partial charge in [-0.15, -0.1) is 13.2 Å². The number of allylic oxidation sites excluding steroid dienone is 1. The molecule has 1 amide bonds. The molecule has 0 bridgehead atoms. The highest BCUT2D eigenvalue weighted by molar-refractivity contribution is 5.77. The minimum absolute atomic E-state index is 0.215. The molecule has 0 aliphatic heterocycles. The molecule has 15 heavy (non-hydrogen) atoms. The molecule has 0 rings (SSSR count). The van der Waals surface area contributed by atoms with Crippen LogP contribution >= 0.6 is 0 Å². The first-order chi connectivity index (χ1) is 7.11. The third kappa shape index (κ3) is 6.49. The van der Waals surface area contributed by atoms with Gasteiger partial charge in [-0.2, -0.15) is 5.06 Å². The van der Waals surface area contributed by atoms with Crippen molar-refractivity contribution in [2.45, 2.75) is 26.2 Å². The molecule has 0 aromatic heterocycles. The third-order valence-electron chi connectivity index (χ3n) is 1.61. The van der Waals surface area contributed by atoms with Crippen LogP contribution in [0.2, 0.25) is 0 Å². The van der Waals surface area contributed by atoms with Crippen molar-refractivity contribution in [3.8, 4) is 0 Å². The number of amides is 1. The smallest absolute Gasteiger partial charge is 0.329 e. The highest BCUT2D eigenvalue weighted by Crippen LogP contribution is 2.02. The molecular formula is C11H17NO3. The summed E-state index contributed by atoms with van der Waals surface area (Å²) in [7, 11) is 0. The van der Waals surface area contributed by atoms with Crippen LogP contribution in [-0.4, -0.2) is 23.5 Å². The Morgan fingerprint density at radius 1 is 1.33 bits per heavy atom. The van der Waals surface area contributed by atoms with Crippen LogP contribution in [0.25, 0.3) is 0 Å². The lowest BCUT2D eigenvalue weighted by atomic mass is 10.2. The number of carbonyl (C=O) groups is 2. The summed E-state index contributed by atoms with van der Waals surface area (Å²) in [6, 6.07) is 0. The van der Waals surface area contributed by atoms with E-state index in [-0.39, 0.29) is 12.5 Å². The topological polar surface area (TPSA) is 46.6 Å². The van der Waals surface area contributed by atoms with Crippen LogP contribution in [0, 0.1) is 0 Å². The Morgan fingerprint density at radius 2 is 2.00 bits per heavy atom. The zero-order valence-electron chi connectivity index (χ0n) is 9.07. The van der Waals surface area contributed by atoms with Crippen molar-refractivity contribution in [2.24, 2.45) is 0 Å². The highest BCUT2D eigenvalue weighted by Gasteiger charge is 2.14. The second kappa shape index (κ2) is 7.79. The minimum Gasteiger partial charge on any atom is -0.338 e. The van der Waals surface area contributed by atoms with Gasteiger partial charge in [0.05, 0.1) is 6.54 Å². The summed E-state index contributed by atoms with van der Waals surface area (Å²) in [6.07, 6.45) is 5.07. The average Bonchev–Trinajstić information content (AvgIpc) is 2.17. The van der Waals surface area contributed by atoms with Crippen molar-refractivity contribution in [3.05, 3.63) is 25.3 Å². The van der Waals surface area contributed by atoms with E-state index in [2.05, 4.69) is 13.2 Å². The first kappa shape index (κ1) is 13.4. The van der Waals surface area contributed by atoms with Gasteiger partial charge in [0, 0.05) is 13.3 Å². The summed E-state index contributed by atoms with van der Waals surface area (Å²) in [5.41, 5.74) is 0. The molecule has 0 radical (unpaired) electrons. The molecule has 0 unspecified atom stereocenters. The monoisotopic (exact) mass is 211 g/mol. The summed E-state index contributed by atoms with van der Waals surface area (Å²) >= 11 is 0. The van der Waals surface area contributed by atoms with E-state index in [9.17, 15) is 9.59 Å². The van der Waals surface area contributed by atoms with E-state index >= 15 is 0 Å². The van der Waals surface area contributed by atoms with Gasteiger partial charge in [-0.25, -0.2) is 0 Å². The lowest BCUT2D eigenvalue weighted by molar-refractivity contribution is -0.194. The van der Waals surface area contributed by atoms with Crippen LogP contribution in [0.4, 0.5) is 0 Å². The predicted molar refractivity (Wildman–Crippen MR) is 57.7 cm³/mol. The maximum Gasteiger partial charge on any atom is 0.329 e. The number of carbonyl (C=O) groups excluding carboxylic acids is 2. The molecule has 0 saturated heterocycles. The fourth-order valence-electron chi connectivity index (χ4n) is 0.985. The second-order valence-corrected chi connectivity index (χ2v) is 3.01. The standard InChI is InChI=1S/C11H17NO3/c1-4-6-7-8-11(14)12(9-5-2)15-10(3)13/h4-5H,1-2,6-9H2,3H3. The molecule has 0 atom stereocenters. The van der Waals surface area contributed by atoms with Gasteiger partial charge < -0.3 is 4.84 Å². The molecule has 0 heterocycles. The maximum atomic E-state index is 11.5. The number of rotatable bonds is 6. The molecule has 0 aliphatic rings. The molecule has 0 aliphatic carbocycles. The van der Waals surface area contributed by atoms with Crippen molar-refractivity contribution >= 4 is 11.9 Å². The van der Waals surface area contributed by atoms with Crippen molar-refractivity contribution in [1.29, 1.82) is 0 Å². The predicted octanol–water partition coefficient (Wildman–Crippen LogP) is 1.84. The van der Waals surface area contributed by atoms with Crippen LogP contribution in [0.1, 0.15) is 26.2 Å². The van der Waals surface area contributed by atoms with Gasteiger partial charge in [0.15, 0.2) is 0 Å². The third-order valence-corrected chi connectivity index (χ3v) is 1.61. The summed E-state index contributed by atoms with van der Waals surface area (Å²) in [5.74, 6) is -0.721. The second-order valence-electron chi connectivity index (χ2n) is 3.01. The number of hydroxylamine groups is 2. The Hall–Kier alpha value is -1.58. The van der Waals surface area contributed by atoms with Crippen LogP contribution in [0.3, 0.4) is 0 Å². The van der Waals surface area contributed by atoms with Crippen molar-refractivity contribution in [1.82, 2.24) is 5.06 Å². The Balaban J connectivity index is 4.08. The molecule has 0 aromatic rings. The first-order valence-corrected chi connectivity index (χ1v) is 4.82. The number of unbranched alkanes of at least 4 members (excludes halogenated alkanes) is 1. The van der Waals surface area contributed by atoms with E-state index in [0.717, 1.165) is 11.5 Å². The van der Waals surface area contributed by atoms with Crippen LogP contribution in [0.5, 0.6) is 0 Å². The van der Waals surface area contributed by atoms with Gasteiger partial charge >= 0.3 is 5.97 Å². The van der Waals surface area contributed by atoms with Gasteiger partial charge in [-0.3, -0.25) is 9.59 Å². The van der Waals surface area contributed by atoms with E-state index in [4.69, 9.17) is 4.84 Å². The van der Waals surface area contributed by atoms with E-state index < -0.39 is 5.97 Å². The fourth-order valence-corrected chi connectivity index (χ4v) is 0.985. The van der Waals surface area contributed by atoms with Gasteiger partial charge in [0.25, 0.3) is 5.91 Å². The Bertz CT molecular complexity index is 248. The van der Waals surface area contributed by atoms with E-state index in [1.54, 1.807) is 6.08 Å². The molecule has 4 heteroatoms. The molecule has 0 aromatic carbocycles. The average molecular weight is 211 g/mol. The zero-order valence-corrected chi connectivity index (χ0v) is 9.07. The van der Waals surface area contributed by atoms with Crippen molar-refractivity contribution in [3.63, 3.8) is 0 Å². The lowest BCUT2D eigenvalue weighted by Crippen LogP contribution is -2.32. The Labute approximate surface area is 90.2 Å². The summed E-state index contributed by atoms with van der Waals surface area (Å²) in [4.78, 5) is 26.9. The van der Waals surface area contributed by atoms with Crippen molar-refractivity contribution < 1.29 is 14.4 Å². The van der Waals surface area contributed by atoms with Crippen LogP contribution < -0.4 is 0 Å². The van der Waals surface area contributed by atoms with Gasteiger partial charge in [0.2, 0.25) is 0 Å². The van der Waals surface area contributed by atoms with Gasteiger partial charge in [-0.1, -0.05) is 12.2 Å². The van der Waals surface area contributed by atoms with E-state index in [0.29, 0.717) is 12.8 Å². The van der Waals surface area contributed by atoms with Crippen LogP contribution in [-0.2, 0) is 14.4 Å². The Morgan fingerprint density at radius 3 is 2.47 bits per heavy atom. The highest BCUT2D eigenvalue weighted by atomic mass is 16.7. The van der Waals surface area contributed by atoms with E-state index in [1.165, 1.54) is 13.0 Å². The number of hydrogen-bond acceptors (Lipinski definition) is 3. The summed E-state index contributed by atoms with van der Waals surface area (Å²) < 4.78 is 0. The molecule has 84 valence electrons. The maximum absolute atomic E-state index is 11.5. The number of hydrogen-bond donors (Lipinski definition) is 0. The first-order valence-electron chi connectivity index (χ1n) is 4.82. The largest absolute Gasteiger partial charge is 0.338 e. The number of nitrogens with zero attached hydrogens (tertiary/aromatic N) is 1. The molecular weight excluding hydrogens is 194 g/mol. The minimum atomic E-state index is -0.506. The molecule has 4 nitrogen and oxygen atoms in total. The lowest BCUT2D eigenvalue weighted by Gasteiger charge is -2.18. The molecule has 0 saturated carbocycles. The van der Waals surface area contributed by atoms with Gasteiger partial charge in [0.1, 0.15) is 0 Å². The quantitative estimate of drug-likeness (QED) is 0.382. The zero-order chi connectivity index (χ0) is 11.7. The summed E-state index contributed by atoms with van der Waals surface area (Å²) in [5, 5.41) is 1.03. The fraction of sp³-hybridized carbons (Fsp3) is 0.455. The van der Waals surface area contributed by atoms with Crippen molar-refractivity contribution in [2.75, 3.05) is 6.54 Å².